The number of anilines is 1. The Bertz CT molecular complexity index is 932. The fourth-order valence-electron chi connectivity index (χ4n) is 2.13. The zero-order valence-corrected chi connectivity index (χ0v) is 18.7. The number of rotatable bonds is 7. The molecule has 0 aromatic heterocycles. The fraction of sp³-hybridized carbons (Fsp3) is 0.333. The number of allylic oxidation sites excluding steroid dienone is 6. The average molecular weight is 467 g/mol. The highest BCUT2D eigenvalue weighted by atomic mass is 32.2. The Morgan fingerprint density at radius 3 is 2.03 bits per heavy atom. The highest BCUT2D eigenvalue weighted by molar-refractivity contribution is 7.90. The van der Waals surface area contributed by atoms with E-state index in [1.807, 2.05) is 13.8 Å². The first kappa shape index (κ1) is 28.4. The third-order valence-electron chi connectivity index (χ3n) is 3.72. The second-order valence-electron chi connectivity index (χ2n) is 6.03. The van der Waals surface area contributed by atoms with Gasteiger partial charge in [0.15, 0.2) is 21.5 Å². The normalized spacial score (nSPS) is 14.8. The molecule has 0 spiro atoms. The molecular formula is C21H27F5N2O2S. The van der Waals surface area contributed by atoms with E-state index in [0.29, 0.717) is 6.20 Å². The van der Waals surface area contributed by atoms with Gasteiger partial charge in [-0.3, -0.25) is 0 Å². The maximum atomic E-state index is 13.4. The van der Waals surface area contributed by atoms with Crippen LogP contribution in [0.5, 0.6) is 0 Å². The maximum absolute atomic E-state index is 13.4. The lowest BCUT2D eigenvalue weighted by molar-refractivity contribution is -0.0929. The molecule has 1 rings (SSSR count). The molecule has 0 saturated heterocycles. The van der Waals surface area contributed by atoms with E-state index < -0.39 is 39.4 Å². The first-order chi connectivity index (χ1) is 14.3. The van der Waals surface area contributed by atoms with E-state index in [4.69, 9.17) is 5.73 Å². The van der Waals surface area contributed by atoms with Crippen LogP contribution in [0.1, 0.15) is 27.7 Å². The molecule has 0 radical (unpaired) electrons. The number of halogens is 5. The Kier molecular flexibility index (Phi) is 11.2. The lowest BCUT2D eigenvalue weighted by Crippen LogP contribution is -2.30. The van der Waals surface area contributed by atoms with Crippen LogP contribution in [0.4, 0.5) is 27.6 Å². The summed E-state index contributed by atoms with van der Waals surface area (Å²) in [4.78, 5) is 1.12. The minimum Gasteiger partial charge on any atom is -0.394 e. The van der Waals surface area contributed by atoms with Gasteiger partial charge in [-0.15, -0.1) is 0 Å². The minimum atomic E-state index is -4.78. The topological polar surface area (TPSA) is 63.4 Å². The van der Waals surface area contributed by atoms with Crippen LogP contribution < -0.4 is 10.6 Å². The van der Waals surface area contributed by atoms with E-state index >= 15 is 0 Å². The number of sulfone groups is 1. The molecule has 4 nitrogen and oxygen atoms in total. The fourth-order valence-corrected chi connectivity index (χ4v) is 2.76. The molecule has 1 atom stereocenters. The second kappa shape index (κ2) is 12.3. The highest BCUT2D eigenvalue weighted by Crippen LogP contribution is 2.26. The van der Waals surface area contributed by atoms with Gasteiger partial charge >= 0.3 is 6.18 Å². The van der Waals surface area contributed by atoms with Gasteiger partial charge in [0.05, 0.1) is 4.90 Å². The van der Waals surface area contributed by atoms with Crippen LogP contribution in [0.15, 0.2) is 77.0 Å². The number of alkyl halides is 3. The van der Waals surface area contributed by atoms with Gasteiger partial charge < -0.3 is 10.6 Å². The summed E-state index contributed by atoms with van der Waals surface area (Å²) < 4.78 is 88.2. The van der Waals surface area contributed by atoms with Crippen LogP contribution in [0.2, 0.25) is 0 Å². The zero-order valence-electron chi connectivity index (χ0n) is 17.9. The smallest absolute Gasteiger partial charge is 0.394 e. The summed E-state index contributed by atoms with van der Waals surface area (Å²) in [5, 5.41) is 0. The molecule has 0 aliphatic rings. The van der Waals surface area contributed by atoms with Gasteiger partial charge in [0.1, 0.15) is 5.70 Å². The number of nitrogens with zero attached hydrogens (tertiary/aromatic N) is 1. The molecule has 2 N–H and O–H groups in total. The standard InChI is InChI=1S/C19H21F5N2O2S.C2H6/c1-4-16(20)17(21)7-5-6-13(2)26(12-18(25)19(22,23)24)14-8-10-15(11-9-14)29(3,27)28;1-2/h4-13H,25H2,1-3H3;1-2H3/b6-5+,16-4+,17-7+,18-12-;. The summed E-state index contributed by atoms with van der Waals surface area (Å²) in [6.45, 7) is 6.81. The Hall–Kier alpha value is -2.62. The van der Waals surface area contributed by atoms with Gasteiger partial charge in [0, 0.05) is 24.2 Å². The summed E-state index contributed by atoms with van der Waals surface area (Å²) in [6.07, 6.45) is 1.09. The predicted octanol–water partition coefficient (Wildman–Crippen LogP) is 5.96. The highest BCUT2D eigenvalue weighted by Gasteiger charge is 2.32. The Morgan fingerprint density at radius 1 is 1.10 bits per heavy atom. The Labute approximate surface area is 180 Å². The molecule has 1 unspecified atom stereocenters. The molecule has 1 aromatic rings. The van der Waals surface area contributed by atoms with Crippen LogP contribution in [-0.2, 0) is 9.84 Å². The van der Waals surface area contributed by atoms with Crippen LogP contribution >= 0.6 is 0 Å². The van der Waals surface area contributed by atoms with Crippen molar-refractivity contribution in [3.63, 3.8) is 0 Å². The van der Waals surface area contributed by atoms with Crippen molar-refractivity contribution in [1.82, 2.24) is 0 Å². The van der Waals surface area contributed by atoms with Crippen molar-refractivity contribution >= 4 is 15.5 Å². The molecular weight excluding hydrogens is 439 g/mol. The molecule has 0 amide bonds. The quantitative estimate of drug-likeness (QED) is 0.398. The van der Waals surface area contributed by atoms with E-state index in [9.17, 15) is 30.4 Å². The van der Waals surface area contributed by atoms with Crippen molar-refractivity contribution < 1.29 is 30.4 Å². The molecule has 1 aromatic carbocycles. The third-order valence-corrected chi connectivity index (χ3v) is 4.85. The van der Waals surface area contributed by atoms with E-state index in [2.05, 4.69) is 0 Å². The molecule has 174 valence electrons. The molecule has 0 heterocycles. The number of benzene rings is 1. The van der Waals surface area contributed by atoms with Crippen LogP contribution in [-0.4, -0.2) is 26.9 Å². The first-order valence-electron chi connectivity index (χ1n) is 9.26. The van der Waals surface area contributed by atoms with E-state index in [-0.39, 0.29) is 10.6 Å². The van der Waals surface area contributed by atoms with Crippen LogP contribution in [0, 0.1) is 0 Å². The van der Waals surface area contributed by atoms with Crippen molar-refractivity contribution in [2.75, 3.05) is 11.2 Å². The van der Waals surface area contributed by atoms with E-state index in [1.54, 1.807) is 0 Å². The Morgan fingerprint density at radius 2 is 1.61 bits per heavy atom. The van der Waals surface area contributed by atoms with Gasteiger partial charge in [0.2, 0.25) is 0 Å². The molecule has 0 saturated carbocycles. The number of hydrogen-bond donors (Lipinski definition) is 1. The molecule has 31 heavy (non-hydrogen) atoms. The number of hydrogen-bond acceptors (Lipinski definition) is 4. The van der Waals surface area contributed by atoms with Crippen molar-refractivity contribution in [3.05, 3.63) is 72.1 Å². The van der Waals surface area contributed by atoms with Crippen molar-refractivity contribution in [3.8, 4) is 0 Å². The van der Waals surface area contributed by atoms with Crippen molar-refractivity contribution in [2.45, 2.75) is 44.8 Å². The van der Waals surface area contributed by atoms with Gasteiger partial charge in [-0.25, -0.2) is 17.2 Å². The van der Waals surface area contributed by atoms with Crippen LogP contribution in [0.25, 0.3) is 0 Å². The van der Waals surface area contributed by atoms with Gasteiger partial charge in [-0.2, -0.15) is 13.2 Å². The summed E-state index contributed by atoms with van der Waals surface area (Å²) in [5.74, 6) is -2.21. The summed E-state index contributed by atoms with van der Waals surface area (Å²) in [7, 11) is -3.49. The maximum Gasteiger partial charge on any atom is 0.432 e. The van der Waals surface area contributed by atoms with Crippen molar-refractivity contribution in [2.24, 2.45) is 5.73 Å². The molecule has 0 bridgehead atoms. The zero-order chi connectivity index (χ0) is 24.4. The van der Waals surface area contributed by atoms with Gasteiger partial charge in [0.25, 0.3) is 0 Å². The lowest BCUT2D eigenvalue weighted by atomic mass is 10.2. The van der Waals surface area contributed by atoms with Crippen molar-refractivity contribution in [1.29, 1.82) is 0 Å². The first-order valence-corrected chi connectivity index (χ1v) is 11.2. The SMILES string of the molecule is CC.C\C=C(F)/C(F)=C\C=C\C(C)N(/C=C(\N)C(F)(F)F)c1ccc(S(C)(=O)=O)cc1. The monoisotopic (exact) mass is 466 g/mol. The summed E-state index contributed by atoms with van der Waals surface area (Å²) in [5.41, 5.74) is 3.94. The summed E-state index contributed by atoms with van der Waals surface area (Å²) >= 11 is 0. The van der Waals surface area contributed by atoms with E-state index in [0.717, 1.165) is 29.4 Å². The van der Waals surface area contributed by atoms with E-state index in [1.165, 1.54) is 44.2 Å². The van der Waals surface area contributed by atoms with Gasteiger partial charge in [-0.1, -0.05) is 26.0 Å². The molecule has 10 heteroatoms. The third kappa shape index (κ3) is 9.37. The lowest BCUT2D eigenvalue weighted by Gasteiger charge is -2.27. The van der Waals surface area contributed by atoms with Crippen LogP contribution in [0.3, 0.4) is 0 Å². The molecule has 0 fully saturated rings. The molecule has 0 aliphatic carbocycles. The predicted molar refractivity (Wildman–Crippen MR) is 114 cm³/mol. The molecule has 0 aliphatic heterocycles. The minimum absolute atomic E-state index is 0.0102. The summed E-state index contributed by atoms with van der Waals surface area (Å²) in [6, 6.07) is 4.35. The van der Waals surface area contributed by atoms with Gasteiger partial charge in [-0.05, 0) is 50.3 Å². The Balaban J connectivity index is 0.00000436. The average Bonchev–Trinajstić information content (AvgIpc) is 2.71. The largest absolute Gasteiger partial charge is 0.432 e. The number of nitrogens with two attached hydrogens (primary N) is 1. The second-order valence-corrected chi connectivity index (χ2v) is 8.05.